The van der Waals surface area contributed by atoms with Crippen LogP contribution in [0.3, 0.4) is 0 Å². The van der Waals surface area contributed by atoms with Crippen LogP contribution >= 0.6 is 0 Å². The van der Waals surface area contributed by atoms with E-state index >= 15 is 0 Å². The maximum Gasteiger partial charge on any atom is 0.152 e. The molecule has 0 aliphatic heterocycles. The molecule has 0 amide bonds. The van der Waals surface area contributed by atoms with E-state index in [0.717, 1.165) is 47.2 Å². The average molecular weight is 273 g/mol. The Kier molecular flexibility index (Phi) is 4.48. The van der Waals surface area contributed by atoms with E-state index in [2.05, 4.69) is 31.4 Å². The van der Waals surface area contributed by atoms with E-state index < -0.39 is 0 Å². The molecule has 0 fully saturated rings. The van der Waals surface area contributed by atoms with Crippen molar-refractivity contribution in [3.8, 4) is 5.75 Å². The Morgan fingerprint density at radius 1 is 1.35 bits per heavy atom. The molecule has 0 N–H and O–H groups in total. The first kappa shape index (κ1) is 14.6. The smallest absolute Gasteiger partial charge is 0.152 e. The first-order valence-electron chi connectivity index (χ1n) is 7.29. The molecule has 2 aromatic rings. The fourth-order valence-corrected chi connectivity index (χ4v) is 2.50. The van der Waals surface area contributed by atoms with E-state index in [9.17, 15) is 4.79 Å². The van der Waals surface area contributed by atoms with Crippen LogP contribution in [0.1, 0.15) is 43.2 Å². The monoisotopic (exact) mass is 273 g/mol. The summed E-state index contributed by atoms with van der Waals surface area (Å²) in [7, 11) is 0. The van der Waals surface area contributed by atoms with E-state index in [-0.39, 0.29) is 0 Å². The molecule has 0 bridgehead atoms. The summed E-state index contributed by atoms with van der Waals surface area (Å²) in [6.45, 7) is 10.0. The van der Waals surface area contributed by atoms with Crippen molar-refractivity contribution in [1.82, 2.24) is 4.57 Å². The molecule has 0 aliphatic rings. The predicted molar refractivity (Wildman–Crippen MR) is 82.7 cm³/mol. The standard InChI is InChI=1S/C17H23NO2/c1-5-8-18-13(4)16(10-19)15-9-14(6-7-17(15)18)20-11-12(2)3/h6-7,9-10,12H,5,8,11H2,1-4H3. The van der Waals surface area contributed by atoms with Gasteiger partial charge in [0.25, 0.3) is 0 Å². The summed E-state index contributed by atoms with van der Waals surface area (Å²) in [6, 6.07) is 6.03. The molecule has 0 unspecified atom stereocenters. The normalized spacial score (nSPS) is 11.2. The van der Waals surface area contributed by atoms with Crippen molar-refractivity contribution >= 4 is 17.2 Å². The zero-order valence-electron chi connectivity index (χ0n) is 12.8. The number of nitrogens with zero attached hydrogens (tertiary/aromatic N) is 1. The molecule has 0 saturated heterocycles. The molecule has 20 heavy (non-hydrogen) atoms. The van der Waals surface area contributed by atoms with Crippen LogP contribution in [0.25, 0.3) is 10.9 Å². The predicted octanol–water partition coefficient (Wildman–Crippen LogP) is 4.21. The second-order valence-electron chi connectivity index (χ2n) is 5.65. The number of aromatic nitrogens is 1. The lowest BCUT2D eigenvalue weighted by Crippen LogP contribution is -2.04. The minimum atomic E-state index is 0.489. The van der Waals surface area contributed by atoms with Gasteiger partial charge in [0.15, 0.2) is 6.29 Å². The van der Waals surface area contributed by atoms with Crippen molar-refractivity contribution < 1.29 is 9.53 Å². The van der Waals surface area contributed by atoms with Crippen molar-refractivity contribution in [2.45, 2.75) is 40.7 Å². The van der Waals surface area contributed by atoms with E-state index in [4.69, 9.17) is 4.74 Å². The van der Waals surface area contributed by atoms with E-state index in [1.54, 1.807) is 0 Å². The van der Waals surface area contributed by atoms with E-state index in [0.29, 0.717) is 12.5 Å². The molecular weight excluding hydrogens is 250 g/mol. The van der Waals surface area contributed by atoms with Crippen LogP contribution in [0.2, 0.25) is 0 Å². The molecule has 108 valence electrons. The number of ether oxygens (including phenoxy) is 1. The highest BCUT2D eigenvalue weighted by molar-refractivity contribution is 6.00. The Bertz CT molecular complexity index is 611. The Morgan fingerprint density at radius 2 is 2.10 bits per heavy atom. The number of benzene rings is 1. The second-order valence-corrected chi connectivity index (χ2v) is 5.65. The van der Waals surface area contributed by atoms with Gasteiger partial charge in [-0.1, -0.05) is 20.8 Å². The number of hydrogen-bond donors (Lipinski definition) is 0. The van der Waals surface area contributed by atoms with Crippen molar-refractivity contribution in [2.24, 2.45) is 5.92 Å². The summed E-state index contributed by atoms with van der Waals surface area (Å²) < 4.78 is 7.97. The zero-order chi connectivity index (χ0) is 14.7. The largest absolute Gasteiger partial charge is 0.493 e. The van der Waals surface area contributed by atoms with Crippen molar-refractivity contribution in [3.63, 3.8) is 0 Å². The fraction of sp³-hybridized carbons (Fsp3) is 0.471. The number of fused-ring (bicyclic) bond motifs is 1. The van der Waals surface area contributed by atoms with Gasteiger partial charge in [-0.05, 0) is 37.5 Å². The summed E-state index contributed by atoms with van der Waals surface area (Å²) in [5.74, 6) is 1.32. The second kappa shape index (κ2) is 6.12. The Morgan fingerprint density at radius 3 is 2.70 bits per heavy atom. The summed E-state index contributed by atoms with van der Waals surface area (Å²) in [6.07, 6.45) is 2.00. The van der Waals surface area contributed by atoms with Crippen LogP contribution in [0, 0.1) is 12.8 Å². The van der Waals surface area contributed by atoms with Gasteiger partial charge in [-0.25, -0.2) is 0 Å². The number of carbonyl (C=O) groups excluding carboxylic acids is 1. The van der Waals surface area contributed by atoms with Gasteiger partial charge >= 0.3 is 0 Å². The average Bonchev–Trinajstić information content (AvgIpc) is 2.69. The fourth-order valence-electron chi connectivity index (χ4n) is 2.50. The zero-order valence-corrected chi connectivity index (χ0v) is 12.8. The van der Waals surface area contributed by atoms with Gasteiger partial charge in [-0.15, -0.1) is 0 Å². The van der Waals surface area contributed by atoms with Crippen LogP contribution in [0.15, 0.2) is 18.2 Å². The molecule has 0 atom stereocenters. The SMILES string of the molecule is CCCn1c(C)c(C=O)c2cc(OCC(C)C)ccc21. The van der Waals surface area contributed by atoms with Gasteiger partial charge in [0.2, 0.25) is 0 Å². The molecule has 1 heterocycles. The van der Waals surface area contributed by atoms with Crippen LogP contribution < -0.4 is 4.74 Å². The van der Waals surface area contributed by atoms with Gasteiger partial charge in [-0.2, -0.15) is 0 Å². The molecule has 1 aromatic heterocycles. The van der Waals surface area contributed by atoms with Gasteiger partial charge in [0.1, 0.15) is 5.75 Å². The van der Waals surface area contributed by atoms with Crippen molar-refractivity contribution in [2.75, 3.05) is 6.61 Å². The number of aryl methyl sites for hydroxylation is 1. The molecule has 0 spiro atoms. The summed E-state index contributed by atoms with van der Waals surface area (Å²) in [4.78, 5) is 11.4. The molecule has 3 heteroatoms. The van der Waals surface area contributed by atoms with Crippen molar-refractivity contribution in [3.05, 3.63) is 29.5 Å². The van der Waals surface area contributed by atoms with Gasteiger partial charge in [0, 0.05) is 28.7 Å². The summed E-state index contributed by atoms with van der Waals surface area (Å²) in [5.41, 5.74) is 2.93. The minimum Gasteiger partial charge on any atom is -0.493 e. The Balaban J connectivity index is 2.48. The van der Waals surface area contributed by atoms with Crippen LogP contribution in [0.4, 0.5) is 0 Å². The maximum absolute atomic E-state index is 11.4. The molecular formula is C17H23NO2. The third-order valence-corrected chi connectivity index (χ3v) is 3.49. The molecule has 1 aromatic carbocycles. The minimum absolute atomic E-state index is 0.489. The number of rotatable bonds is 6. The first-order chi connectivity index (χ1) is 9.58. The van der Waals surface area contributed by atoms with Gasteiger partial charge < -0.3 is 9.30 Å². The molecule has 0 aliphatic carbocycles. The number of carbonyl (C=O) groups is 1. The lowest BCUT2D eigenvalue weighted by Gasteiger charge is -2.09. The highest BCUT2D eigenvalue weighted by Crippen LogP contribution is 2.28. The molecule has 0 radical (unpaired) electrons. The summed E-state index contributed by atoms with van der Waals surface area (Å²) >= 11 is 0. The maximum atomic E-state index is 11.4. The van der Waals surface area contributed by atoms with Crippen LogP contribution in [-0.2, 0) is 6.54 Å². The quantitative estimate of drug-likeness (QED) is 0.738. The van der Waals surface area contributed by atoms with Gasteiger partial charge in [0.05, 0.1) is 6.61 Å². The van der Waals surface area contributed by atoms with Gasteiger partial charge in [-0.3, -0.25) is 4.79 Å². The highest BCUT2D eigenvalue weighted by atomic mass is 16.5. The number of aldehydes is 1. The summed E-state index contributed by atoms with van der Waals surface area (Å²) in [5, 5.41) is 0.993. The third kappa shape index (κ3) is 2.72. The molecule has 3 nitrogen and oxygen atoms in total. The third-order valence-electron chi connectivity index (χ3n) is 3.49. The number of hydrogen-bond acceptors (Lipinski definition) is 2. The highest BCUT2D eigenvalue weighted by Gasteiger charge is 2.13. The Hall–Kier alpha value is -1.77. The van der Waals surface area contributed by atoms with E-state index in [1.807, 2.05) is 19.1 Å². The Labute approximate surface area is 120 Å². The van der Waals surface area contributed by atoms with Crippen LogP contribution in [-0.4, -0.2) is 17.5 Å². The van der Waals surface area contributed by atoms with E-state index in [1.165, 1.54) is 0 Å². The van der Waals surface area contributed by atoms with Crippen molar-refractivity contribution in [1.29, 1.82) is 0 Å². The molecule has 2 rings (SSSR count). The lowest BCUT2D eigenvalue weighted by molar-refractivity contribution is 0.112. The topological polar surface area (TPSA) is 31.2 Å². The first-order valence-corrected chi connectivity index (χ1v) is 7.29. The van der Waals surface area contributed by atoms with Crippen LogP contribution in [0.5, 0.6) is 5.75 Å². The molecule has 0 saturated carbocycles. The lowest BCUT2D eigenvalue weighted by atomic mass is 10.1.